The highest BCUT2D eigenvalue weighted by atomic mass is 79.9. The molecule has 0 aliphatic carbocycles. The van der Waals surface area contributed by atoms with Crippen molar-refractivity contribution in [2.45, 2.75) is 26.2 Å². The van der Waals surface area contributed by atoms with Gasteiger partial charge < -0.3 is 5.11 Å². The molecule has 1 rings (SSSR count). The fourth-order valence-corrected chi connectivity index (χ4v) is 2.07. The second kappa shape index (κ2) is 5.52. The van der Waals surface area contributed by atoms with Crippen LogP contribution < -0.4 is 5.32 Å². The van der Waals surface area contributed by atoms with Crippen molar-refractivity contribution < 1.29 is 9.90 Å². The van der Waals surface area contributed by atoms with Crippen LogP contribution in [0.5, 0.6) is 0 Å². The Morgan fingerprint density at radius 3 is 2.28 bits per heavy atom. The number of carbonyl (C=O) groups excluding carboxylic acids is 1. The molecule has 98 valence electrons. The molecule has 0 heterocycles. The largest absolute Gasteiger partial charge is 0.631 e. The van der Waals surface area contributed by atoms with Crippen molar-refractivity contribution in [3.05, 3.63) is 34.3 Å². The average Bonchev–Trinajstić information content (AvgIpc) is 2.27. The maximum absolute atomic E-state index is 10.8. The third kappa shape index (κ3) is 2.90. The van der Waals surface area contributed by atoms with Gasteiger partial charge in [0.05, 0.1) is 10.2 Å². The maximum Gasteiger partial charge on any atom is 0.631 e. The minimum Gasteiger partial charge on any atom is -0.547 e. The van der Waals surface area contributed by atoms with E-state index in [0.717, 1.165) is 10.0 Å². The van der Waals surface area contributed by atoms with Crippen molar-refractivity contribution in [2.75, 3.05) is 0 Å². The van der Waals surface area contributed by atoms with Crippen LogP contribution in [0, 0.1) is 11.3 Å². The second-order valence-corrected chi connectivity index (χ2v) is 5.61. The van der Waals surface area contributed by atoms with E-state index < -0.39 is 11.5 Å². The Labute approximate surface area is 115 Å². The number of hydrogen-bond donors (Lipinski definition) is 2. The van der Waals surface area contributed by atoms with E-state index in [0.29, 0.717) is 0 Å². The first-order chi connectivity index (χ1) is 8.28. The van der Waals surface area contributed by atoms with Crippen LogP contribution in [0.15, 0.2) is 28.7 Å². The van der Waals surface area contributed by atoms with E-state index in [-0.39, 0.29) is 11.8 Å². The van der Waals surface area contributed by atoms with Crippen LogP contribution in [0.3, 0.4) is 0 Å². The van der Waals surface area contributed by atoms with E-state index in [9.17, 15) is 4.79 Å². The molecule has 0 saturated carbocycles. The lowest BCUT2D eigenvalue weighted by Crippen LogP contribution is -2.47. The van der Waals surface area contributed by atoms with Gasteiger partial charge in [-0.05, 0) is 30.5 Å². The van der Waals surface area contributed by atoms with Gasteiger partial charge in [-0.2, -0.15) is 0 Å². The Hall–Kier alpha value is -1.36. The zero-order chi connectivity index (χ0) is 13.9. The summed E-state index contributed by atoms with van der Waals surface area (Å²) in [5, 5.41) is 17.2. The predicted octanol–water partition coefficient (Wildman–Crippen LogP) is 2.77. The smallest absolute Gasteiger partial charge is 0.547 e. The number of rotatable bonds is 3. The molecule has 0 aliphatic rings. The Morgan fingerprint density at radius 2 is 1.89 bits per heavy atom. The van der Waals surface area contributed by atoms with Gasteiger partial charge in [-0.15, -0.1) is 0 Å². The molecule has 0 spiro atoms. The lowest BCUT2D eigenvalue weighted by atomic mass is 9.72. The fourth-order valence-electron chi connectivity index (χ4n) is 1.81. The van der Waals surface area contributed by atoms with Crippen LogP contribution in [0.4, 0.5) is 4.79 Å². The monoisotopic (exact) mass is 313 g/mol. The highest BCUT2D eigenvalue weighted by molar-refractivity contribution is 9.10. The minimum absolute atomic E-state index is 0.0554. The minimum atomic E-state index is -0.955. The molecule has 0 radical (unpaired) electrons. The van der Waals surface area contributed by atoms with E-state index >= 15 is 0 Å². The summed E-state index contributed by atoms with van der Waals surface area (Å²) < 4.78 is 0.966. The van der Waals surface area contributed by atoms with Crippen molar-refractivity contribution in [1.29, 1.82) is 5.41 Å². The summed E-state index contributed by atoms with van der Waals surface area (Å²) in [6.07, 6.45) is -0.955. The molecular formula is C13H18BrN2O2+. The van der Waals surface area contributed by atoms with Crippen LogP contribution in [0.2, 0.25) is 0 Å². The first kappa shape index (κ1) is 14.7. The summed E-state index contributed by atoms with van der Waals surface area (Å²) in [5.41, 5.74) is 0.330. The Balaban J connectivity index is 3.18. The summed E-state index contributed by atoms with van der Waals surface area (Å²) >= 11 is 3.37. The van der Waals surface area contributed by atoms with Gasteiger partial charge in [0.2, 0.25) is 0 Å². The number of halogens is 1. The van der Waals surface area contributed by atoms with Crippen LogP contribution in [-0.2, 0) is 5.41 Å². The van der Waals surface area contributed by atoms with Crippen molar-refractivity contribution in [1.82, 2.24) is 5.32 Å². The summed E-state index contributed by atoms with van der Waals surface area (Å²) in [5.74, 6) is 0.179. The first-order valence-corrected chi connectivity index (χ1v) is 6.45. The van der Waals surface area contributed by atoms with Crippen LogP contribution >= 0.6 is 15.9 Å². The molecule has 4 nitrogen and oxygen atoms in total. The summed E-state index contributed by atoms with van der Waals surface area (Å²) in [6.45, 7) is 5.89. The number of nitrogens with one attached hydrogen (secondary N) is 2. The molecule has 1 aromatic rings. The molecule has 1 amide bonds. The van der Waals surface area contributed by atoms with Crippen LogP contribution in [-0.4, -0.2) is 17.0 Å². The third-order valence-corrected chi connectivity index (χ3v) is 3.89. The zero-order valence-corrected chi connectivity index (χ0v) is 12.3. The van der Waals surface area contributed by atoms with Gasteiger partial charge in [-0.3, -0.25) is 5.41 Å². The predicted molar refractivity (Wildman–Crippen MR) is 76.2 cm³/mol. The average molecular weight is 314 g/mol. The molecule has 1 unspecified atom stereocenters. The molecule has 0 fully saturated rings. The van der Waals surface area contributed by atoms with Gasteiger partial charge in [0, 0.05) is 4.47 Å². The summed E-state index contributed by atoms with van der Waals surface area (Å²) in [7, 11) is 0. The van der Waals surface area contributed by atoms with Crippen molar-refractivity contribution in [3.63, 3.8) is 0 Å². The molecule has 0 saturated heterocycles. The number of carbonyl (C=O) groups is 1. The van der Waals surface area contributed by atoms with Gasteiger partial charge in [-0.25, -0.2) is 5.32 Å². The standard InChI is InChI=1S/C13H17BrN2O2/c1-8(2)13(3,11(15)16-12(17)18)9-4-6-10(14)7-5-9/h4-8H,1-3H3,(H2,15,16)(H,17,18)/p+1. The van der Waals surface area contributed by atoms with Gasteiger partial charge in [0.1, 0.15) is 5.84 Å². The lowest BCUT2D eigenvalue weighted by molar-refractivity contribution is 0.199. The summed E-state index contributed by atoms with van der Waals surface area (Å²) in [4.78, 5) is 10.8. The normalized spacial score (nSPS) is 14.1. The molecule has 0 bridgehead atoms. The van der Waals surface area contributed by atoms with E-state index in [1.54, 1.807) is 0 Å². The maximum atomic E-state index is 10.8. The quantitative estimate of drug-likeness (QED) is 0.502. The Kier molecular flexibility index (Phi) is 4.51. The fraction of sp³-hybridized carbons (Fsp3) is 0.385. The van der Waals surface area contributed by atoms with Gasteiger partial charge in [-0.1, -0.05) is 41.9 Å². The van der Waals surface area contributed by atoms with Crippen LogP contribution in [0.1, 0.15) is 26.3 Å². The zero-order valence-electron chi connectivity index (χ0n) is 10.7. The van der Waals surface area contributed by atoms with Crippen molar-refractivity contribution in [3.8, 4) is 0 Å². The number of benzene rings is 1. The lowest BCUT2D eigenvalue weighted by Gasteiger charge is -2.34. The number of amidine groups is 1. The first-order valence-electron chi connectivity index (χ1n) is 5.66. The van der Waals surface area contributed by atoms with E-state index in [1.165, 1.54) is 0 Å². The molecule has 0 aliphatic heterocycles. The van der Waals surface area contributed by atoms with E-state index in [4.69, 9.17) is 10.5 Å². The van der Waals surface area contributed by atoms with E-state index in [2.05, 4.69) is 21.2 Å². The van der Waals surface area contributed by atoms with E-state index in [1.807, 2.05) is 45.0 Å². The Bertz CT molecular complexity index is 457. The molecule has 18 heavy (non-hydrogen) atoms. The highest BCUT2D eigenvalue weighted by Gasteiger charge is 2.37. The molecular weight excluding hydrogens is 296 g/mol. The Morgan fingerprint density at radius 1 is 1.39 bits per heavy atom. The third-order valence-electron chi connectivity index (χ3n) is 3.36. The highest BCUT2D eigenvalue weighted by Crippen LogP contribution is 2.33. The number of amides is 1. The second-order valence-electron chi connectivity index (χ2n) is 4.69. The molecule has 1 aromatic carbocycles. The molecule has 1 atom stereocenters. The van der Waals surface area contributed by atoms with Crippen molar-refractivity contribution in [2.24, 2.45) is 5.92 Å². The molecule has 4 N–H and O–H groups in total. The van der Waals surface area contributed by atoms with Crippen molar-refractivity contribution >= 4 is 27.9 Å². The van der Waals surface area contributed by atoms with Gasteiger partial charge in [0.25, 0.3) is 0 Å². The van der Waals surface area contributed by atoms with Gasteiger partial charge >= 0.3 is 6.09 Å². The SMILES string of the molecule is CC(C)C(C)(C(=N)NC(=O)[OH2+])c1ccc(Br)cc1. The topological polar surface area (TPSA) is 75.8 Å². The summed E-state index contributed by atoms with van der Waals surface area (Å²) in [6, 6.07) is 7.67. The van der Waals surface area contributed by atoms with Crippen LogP contribution in [0.25, 0.3) is 0 Å². The number of hydrogen-bond acceptors (Lipinski definition) is 2. The molecule has 0 aromatic heterocycles. The molecule has 5 heteroatoms. The van der Waals surface area contributed by atoms with Gasteiger partial charge in [0.15, 0.2) is 0 Å².